The number of fused-ring (bicyclic) bond motifs is 2. The molecule has 0 aromatic heterocycles. The molecule has 1 nitrogen and oxygen atoms in total. The molecule has 1 N–H and O–H groups in total. The molecular weight excluding hydrogens is 431 g/mol. The molecule has 5 aromatic rings. The number of hydrogen-bond donors (Lipinski definition) is 1. The van der Waals surface area contributed by atoms with Crippen molar-refractivity contribution in [2.24, 2.45) is 0 Å². The zero-order valence-electron chi connectivity index (χ0n) is 18.7. The minimum atomic E-state index is -4.38. The number of nitrogens with one attached hydrogen (secondary N) is 1. The van der Waals surface area contributed by atoms with E-state index in [1.165, 1.54) is 28.5 Å². The SMILES string of the molecule is CC(NCc1cc(-c2cccc(C(F)(F)F)c2)c2ccccc2c1)c1cccc2ccccc12. The van der Waals surface area contributed by atoms with E-state index in [9.17, 15) is 13.2 Å². The second-order valence-electron chi connectivity index (χ2n) is 8.61. The van der Waals surface area contributed by atoms with Crippen molar-refractivity contribution in [1.29, 1.82) is 0 Å². The van der Waals surface area contributed by atoms with Crippen LogP contribution in [0.15, 0.2) is 103 Å². The molecule has 1 atom stereocenters. The first kappa shape index (κ1) is 22.2. The Labute approximate surface area is 196 Å². The Morgan fingerprint density at radius 1 is 0.706 bits per heavy atom. The van der Waals surface area contributed by atoms with Crippen LogP contribution in [0.5, 0.6) is 0 Å². The Bertz CT molecular complexity index is 1460. The molecule has 0 fully saturated rings. The standard InChI is InChI=1S/C30H24F3N/c1-20(26-15-7-10-22-8-2-4-13-27(22)26)34-19-21-16-23-9-3-5-14-28(23)29(17-21)24-11-6-12-25(18-24)30(31,32)33/h2-18,20,34H,19H2,1H3. The van der Waals surface area contributed by atoms with E-state index in [0.717, 1.165) is 28.0 Å². The van der Waals surface area contributed by atoms with E-state index in [1.54, 1.807) is 6.07 Å². The van der Waals surface area contributed by atoms with Crippen LogP contribution in [-0.2, 0) is 12.7 Å². The summed E-state index contributed by atoms with van der Waals surface area (Å²) < 4.78 is 40.0. The van der Waals surface area contributed by atoms with Gasteiger partial charge in [0.1, 0.15) is 0 Å². The molecule has 0 aliphatic heterocycles. The third-order valence-corrected chi connectivity index (χ3v) is 6.32. The van der Waals surface area contributed by atoms with E-state index < -0.39 is 11.7 Å². The van der Waals surface area contributed by atoms with Crippen LogP contribution in [-0.4, -0.2) is 0 Å². The first-order chi connectivity index (χ1) is 16.4. The van der Waals surface area contributed by atoms with Crippen LogP contribution in [0.25, 0.3) is 32.7 Å². The van der Waals surface area contributed by atoms with Crippen LogP contribution in [0.1, 0.15) is 29.7 Å². The quantitative estimate of drug-likeness (QED) is 0.280. The predicted octanol–water partition coefficient (Wildman–Crippen LogP) is 8.53. The van der Waals surface area contributed by atoms with Gasteiger partial charge in [-0.05, 0) is 75.0 Å². The first-order valence-electron chi connectivity index (χ1n) is 11.3. The molecule has 0 spiro atoms. The van der Waals surface area contributed by atoms with Gasteiger partial charge in [0.2, 0.25) is 0 Å². The van der Waals surface area contributed by atoms with Gasteiger partial charge in [-0.1, -0.05) is 78.9 Å². The minimum Gasteiger partial charge on any atom is -0.306 e. The van der Waals surface area contributed by atoms with Crippen LogP contribution in [0.2, 0.25) is 0 Å². The van der Waals surface area contributed by atoms with E-state index in [-0.39, 0.29) is 6.04 Å². The first-order valence-corrected chi connectivity index (χ1v) is 11.3. The van der Waals surface area contributed by atoms with E-state index in [1.807, 2.05) is 42.5 Å². The average molecular weight is 456 g/mol. The van der Waals surface area contributed by atoms with Gasteiger partial charge in [-0.25, -0.2) is 0 Å². The summed E-state index contributed by atoms with van der Waals surface area (Å²) in [7, 11) is 0. The summed E-state index contributed by atoms with van der Waals surface area (Å²) >= 11 is 0. The summed E-state index contributed by atoms with van der Waals surface area (Å²) in [6.07, 6.45) is -4.38. The molecule has 5 aromatic carbocycles. The lowest BCUT2D eigenvalue weighted by molar-refractivity contribution is -0.137. The molecule has 1 unspecified atom stereocenters. The predicted molar refractivity (Wildman–Crippen MR) is 134 cm³/mol. The Kier molecular flexibility index (Phi) is 5.84. The highest BCUT2D eigenvalue weighted by Crippen LogP contribution is 2.35. The fourth-order valence-electron chi connectivity index (χ4n) is 4.59. The van der Waals surface area contributed by atoms with Gasteiger partial charge in [-0.2, -0.15) is 13.2 Å². The van der Waals surface area contributed by atoms with Crippen molar-refractivity contribution in [3.8, 4) is 11.1 Å². The Balaban J connectivity index is 1.49. The highest BCUT2D eigenvalue weighted by molar-refractivity contribution is 5.97. The van der Waals surface area contributed by atoms with Gasteiger partial charge in [0.05, 0.1) is 5.56 Å². The third-order valence-electron chi connectivity index (χ3n) is 6.32. The summed E-state index contributed by atoms with van der Waals surface area (Å²) in [4.78, 5) is 0. The monoisotopic (exact) mass is 455 g/mol. The molecule has 0 aliphatic rings. The van der Waals surface area contributed by atoms with Crippen LogP contribution in [0.3, 0.4) is 0 Å². The van der Waals surface area contributed by atoms with Crippen molar-refractivity contribution in [3.05, 3.63) is 120 Å². The lowest BCUT2D eigenvalue weighted by Crippen LogP contribution is -2.18. The van der Waals surface area contributed by atoms with Crippen molar-refractivity contribution in [3.63, 3.8) is 0 Å². The van der Waals surface area contributed by atoms with E-state index in [0.29, 0.717) is 12.1 Å². The third kappa shape index (κ3) is 4.42. The van der Waals surface area contributed by atoms with Crippen LogP contribution in [0.4, 0.5) is 13.2 Å². The Morgan fingerprint density at radius 2 is 1.38 bits per heavy atom. The van der Waals surface area contributed by atoms with Gasteiger partial charge in [0, 0.05) is 12.6 Å². The maximum absolute atomic E-state index is 13.3. The zero-order valence-corrected chi connectivity index (χ0v) is 18.7. The number of benzene rings is 5. The lowest BCUT2D eigenvalue weighted by atomic mass is 9.94. The van der Waals surface area contributed by atoms with Crippen molar-refractivity contribution in [1.82, 2.24) is 5.32 Å². The van der Waals surface area contributed by atoms with Gasteiger partial charge in [-0.15, -0.1) is 0 Å². The van der Waals surface area contributed by atoms with Gasteiger partial charge in [0.15, 0.2) is 0 Å². The Hall–Kier alpha value is -3.63. The second-order valence-corrected chi connectivity index (χ2v) is 8.61. The minimum absolute atomic E-state index is 0.106. The number of rotatable bonds is 5. The van der Waals surface area contributed by atoms with Crippen molar-refractivity contribution >= 4 is 21.5 Å². The van der Waals surface area contributed by atoms with E-state index in [4.69, 9.17) is 0 Å². The van der Waals surface area contributed by atoms with Crippen molar-refractivity contribution in [2.75, 3.05) is 0 Å². The molecular formula is C30H24F3N. The van der Waals surface area contributed by atoms with Gasteiger partial charge in [0.25, 0.3) is 0 Å². The number of alkyl halides is 3. The summed E-state index contributed by atoms with van der Waals surface area (Å²) in [6, 6.07) is 32.2. The largest absolute Gasteiger partial charge is 0.416 e. The summed E-state index contributed by atoms with van der Waals surface area (Å²) in [5, 5.41) is 7.97. The normalized spacial score (nSPS) is 12.8. The van der Waals surface area contributed by atoms with Crippen LogP contribution >= 0.6 is 0 Å². The molecule has 4 heteroatoms. The molecule has 0 saturated heterocycles. The maximum Gasteiger partial charge on any atom is 0.416 e. The van der Waals surface area contributed by atoms with Gasteiger partial charge in [-0.3, -0.25) is 0 Å². The van der Waals surface area contributed by atoms with E-state index >= 15 is 0 Å². The topological polar surface area (TPSA) is 12.0 Å². The van der Waals surface area contributed by atoms with Gasteiger partial charge >= 0.3 is 6.18 Å². The second kappa shape index (κ2) is 8.96. The highest BCUT2D eigenvalue weighted by atomic mass is 19.4. The fourth-order valence-corrected chi connectivity index (χ4v) is 4.59. The van der Waals surface area contributed by atoms with Crippen LogP contribution < -0.4 is 5.32 Å². The molecule has 0 aliphatic carbocycles. The number of halogens is 3. The fraction of sp³-hybridized carbons (Fsp3) is 0.133. The summed E-state index contributed by atoms with van der Waals surface area (Å²) in [5.41, 5.74) is 2.98. The maximum atomic E-state index is 13.3. The van der Waals surface area contributed by atoms with E-state index in [2.05, 4.69) is 48.6 Å². The molecule has 0 bridgehead atoms. The van der Waals surface area contributed by atoms with Crippen LogP contribution in [0, 0.1) is 0 Å². The molecule has 0 radical (unpaired) electrons. The van der Waals surface area contributed by atoms with Gasteiger partial charge < -0.3 is 5.32 Å². The Morgan fingerprint density at radius 3 is 2.18 bits per heavy atom. The number of hydrogen-bond acceptors (Lipinski definition) is 1. The lowest BCUT2D eigenvalue weighted by Gasteiger charge is -2.18. The molecule has 5 rings (SSSR count). The summed E-state index contributed by atoms with van der Waals surface area (Å²) in [6.45, 7) is 2.73. The molecule has 0 amide bonds. The molecule has 0 heterocycles. The smallest absolute Gasteiger partial charge is 0.306 e. The summed E-state index contributed by atoms with van der Waals surface area (Å²) in [5.74, 6) is 0. The molecule has 170 valence electrons. The zero-order chi connectivity index (χ0) is 23.7. The molecule has 34 heavy (non-hydrogen) atoms. The van der Waals surface area contributed by atoms with Crippen molar-refractivity contribution < 1.29 is 13.2 Å². The van der Waals surface area contributed by atoms with Crippen molar-refractivity contribution in [2.45, 2.75) is 25.7 Å². The highest BCUT2D eigenvalue weighted by Gasteiger charge is 2.30. The molecule has 0 saturated carbocycles. The average Bonchev–Trinajstić information content (AvgIpc) is 2.86.